The largest absolute Gasteiger partial charge is 0.462 e. The van der Waals surface area contributed by atoms with Crippen molar-refractivity contribution in [2.75, 3.05) is 0 Å². The standard InChI is InChI=1S/C13H13NO4S/c1-8(2)18-11(15)7-14-12(16)9-5-3-4-6-10(9)19-13(14)17/h3-6,8H,7H2,1-2H3. The number of fused-ring (bicyclic) bond motifs is 1. The van der Waals surface area contributed by atoms with Gasteiger partial charge in [0.2, 0.25) is 0 Å². The lowest BCUT2D eigenvalue weighted by molar-refractivity contribution is -0.148. The average Bonchev–Trinajstić information content (AvgIpc) is 2.33. The van der Waals surface area contributed by atoms with Crippen molar-refractivity contribution in [2.45, 2.75) is 26.5 Å². The van der Waals surface area contributed by atoms with E-state index in [9.17, 15) is 14.4 Å². The minimum atomic E-state index is -0.586. The van der Waals surface area contributed by atoms with E-state index in [1.165, 1.54) is 0 Å². The van der Waals surface area contributed by atoms with Gasteiger partial charge in [0, 0.05) is 4.70 Å². The van der Waals surface area contributed by atoms with Gasteiger partial charge in [-0.3, -0.25) is 19.0 Å². The molecule has 1 aromatic heterocycles. The number of rotatable bonds is 3. The van der Waals surface area contributed by atoms with Gasteiger partial charge >= 0.3 is 10.8 Å². The molecule has 100 valence electrons. The minimum absolute atomic E-state index is 0.276. The molecule has 0 N–H and O–H groups in total. The van der Waals surface area contributed by atoms with Gasteiger partial charge in [0.15, 0.2) is 0 Å². The summed E-state index contributed by atoms with van der Waals surface area (Å²) in [4.78, 5) is 35.1. The molecule has 5 nitrogen and oxygen atoms in total. The molecular formula is C13H13NO4S. The monoisotopic (exact) mass is 279 g/mol. The van der Waals surface area contributed by atoms with Crippen molar-refractivity contribution < 1.29 is 9.53 Å². The number of hydrogen-bond acceptors (Lipinski definition) is 5. The number of hydrogen-bond donors (Lipinski definition) is 0. The topological polar surface area (TPSA) is 65.4 Å². The lowest BCUT2D eigenvalue weighted by Crippen LogP contribution is -2.34. The van der Waals surface area contributed by atoms with Crippen LogP contribution in [0.1, 0.15) is 13.8 Å². The summed E-state index contributed by atoms with van der Waals surface area (Å²) < 4.78 is 6.47. The van der Waals surface area contributed by atoms with Gasteiger partial charge < -0.3 is 4.74 Å². The van der Waals surface area contributed by atoms with Gasteiger partial charge in [-0.15, -0.1) is 0 Å². The van der Waals surface area contributed by atoms with Crippen LogP contribution >= 0.6 is 11.3 Å². The van der Waals surface area contributed by atoms with E-state index in [2.05, 4.69) is 0 Å². The quantitative estimate of drug-likeness (QED) is 0.796. The van der Waals surface area contributed by atoms with Crippen LogP contribution in [-0.4, -0.2) is 16.6 Å². The van der Waals surface area contributed by atoms with Crippen LogP contribution in [0.4, 0.5) is 0 Å². The van der Waals surface area contributed by atoms with Crippen molar-refractivity contribution >= 4 is 27.4 Å². The third-order valence-electron chi connectivity index (χ3n) is 2.43. The summed E-state index contributed by atoms with van der Waals surface area (Å²) in [6, 6.07) is 6.82. The molecule has 1 aromatic carbocycles. The lowest BCUT2D eigenvalue weighted by Gasteiger charge is -2.09. The minimum Gasteiger partial charge on any atom is -0.462 e. The van der Waals surface area contributed by atoms with Gasteiger partial charge in [-0.1, -0.05) is 23.5 Å². The van der Waals surface area contributed by atoms with Gasteiger partial charge in [-0.2, -0.15) is 0 Å². The predicted octanol–water partition coefficient (Wildman–Crippen LogP) is 1.37. The van der Waals surface area contributed by atoms with Crippen LogP contribution in [0.3, 0.4) is 0 Å². The fourth-order valence-electron chi connectivity index (χ4n) is 1.68. The van der Waals surface area contributed by atoms with Crippen LogP contribution in [0, 0.1) is 0 Å². The van der Waals surface area contributed by atoms with Crippen molar-refractivity contribution in [3.05, 3.63) is 44.3 Å². The number of benzene rings is 1. The maximum Gasteiger partial charge on any atom is 0.326 e. The Morgan fingerprint density at radius 2 is 2.00 bits per heavy atom. The molecule has 6 heteroatoms. The Balaban J connectivity index is 2.47. The molecule has 0 atom stereocenters. The SMILES string of the molecule is CC(C)OC(=O)Cn1c(=O)sc2ccccc2c1=O. The van der Waals surface area contributed by atoms with E-state index in [1.54, 1.807) is 38.1 Å². The van der Waals surface area contributed by atoms with Gasteiger partial charge in [-0.05, 0) is 26.0 Å². The maximum atomic E-state index is 12.1. The Bertz CT molecular complexity index is 729. The van der Waals surface area contributed by atoms with Crippen LogP contribution in [-0.2, 0) is 16.1 Å². The van der Waals surface area contributed by atoms with E-state index in [1.807, 2.05) is 0 Å². The Labute approximate surface area is 113 Å². The molecule has 2 aromatic rings. The molecule has 0 unspecified atom stereocenters. The van der Waals surface area contributed by atoms with E-state index in [-0.39, 0.29) is 12.6 Å². The molecule has 0 saturated heterocycles. The molecule has 0 fully saturated rings. The van der Waals surface area contributed by atoms with Crippen LogP contribution in [0.15, 0.2) is 33.9 Å². The van der Waals surface area contributed by atoms with E-state index in [0.29, 0.717) is 10.1 Å². The summed E-state index contributed by atoms with van der Waals surface area (Å²) in [5.74, 6) is -0.586. The van der Waals surface area contributed by atoms with Gasteiger partial charge in [0.1, 0.15) is 6.54 Å². The number of carbonyl (C=O) groups excluding carboxylic acids is 1. The molecule has 0 spiro atoms. The number of carbonyl (C=O) groups is 1. The fourth-order valence-corrected chi connectivity index (χ4v) is 2.53. The zero-order valence-electron chi connectivity index (χ0n) is 10.6. The van der Waals surface area contributed by atoms with Gasteiger partial charge in [-0.25, -0.2) is 0 Å². The van der Waals surface area contributed by atoms with Crippen LogP contribution in [0.25, 0.3) is 10.1 Å². The molecule has 1 heterocycles. The second-order valence-electron chi connectivity index (χ2n) is 4.29. The summed E-state index contributed by atoms with van der Waals surface area (Å²) >= 11 is 0.943. The van der Waals surface area contributed by atoms with Crippen LogP contribution < -0.4 is 10.4 Å². The zero-order chi connectivity index (χ0) is 14.0. The van der Waals surface area contributed by atoms with Gasteiger partial charge in [0.05, 0.1) is 11.5 Å². The van der Waals surface area contributed by atoms with Crippen LogP contribution in [0.2, 0.25) is 0 Å². The number of nitrogens with zero attached hydrogens (tertiary/aromatic N) is 1. The molecule has 0 aliphatic heterocycles. The number of ether oxygens (including phenoxy) is 1. The molecule has 0 aliphatic carbocycles. The smallest absolute Gasteiger partial charge is 0.326 e. The molecule has 19 heavy (non-hydrogen) atoms. The first-order chi connectivity index (χ1) is 8.99. The molecular weight excluding hydrogens is 266 g/mol. The van der Waals surface area contributed by atoms with E-state index < -0.39 is 16.4 Å². The Kier molecular flexibility index (Phi) is 3.80. The third kappa shape index (κ3) is 2.90. The van der Waals surface area contributed by atoms with Crippen molar-refractivity contribution in [3.63, 3.8) is 0 Å². The molecule has 0 saturated carbocycles. The van der Waals surface area contributed by atoms with Crippen molar-refractivity contribution in [1.82, 2.24) is 4.57 Å². The van der Waals surface area contributed by atoms with E-state index >= 15 is 0 Å². The third-order valence-corrected chi connectivity index (χ3v) is 3.41. The summed E-state index contributed by atoms with van der Waals surface area (Å²) in [6.45, 7) is 3.07. The maximum absolute atomic E-state index is 12.1. The lowest BCUT2D eigenvalue weighted by atomic mass is 10.3. The first kappa shape index (κ1) is 13.5. The zero-order valence-corrected chi connectivity index (χ0v) is 11.4. The van der Waals surface area contributed by atoms with Crippen molar-refractivity contribution in [2.24, 2.45) is 0 Å². The summed E-state index contributed by atoms with van der Waals surface area (Å²) in [7, 11) is 0. The highest BCUT2D eigenvalue weighted by Crippen LogP contribution is 2.10. The van der Waals surface area contributed by atoms with E-state index in [4.69, 9.17) is 4.74 Å². The first-order valence-corrected chi connectivity index (χ1v) is 6.63. The highest BCUT2D eigenvalue weighted by atomic mass is 32.1. The Morgan fingerprint density at radius 3 is 2.68 bits per heavy atom. The Hall–Kier alpha value is -1.95. The Morgan fingerprint density at radius 1 is 1.32 bits per heavy atom. The fraction of sp³-hybridized carbons (Fsp3) is 0.308. The molecule has 2 rings (SSSR count). The second kappa shape index (κ2) is 5.36. The number of aromatic nitrogens is 1. The van der Waals surface area contributed by atoms with Crippen molar-refractivity contribution in [3.8, 4) is 0 Å². The molecule has 0 aliphatic rings. The van der Waals surface area contributed by atoms with Gasteiger partial charge in [0.25, 0.3) is 5.56 Å². The predicted molar refractivity (Wildman–Crippen MR) is 73.6 cm³/mol. The average molecular weight is 279 g/mol. The number of esters is 1. The van der Waals surface area contributed by atoms with E-state index in [0.717, 1.165) is 15.9 Å². The molecule has 0 radical (unpaired) electrons. The summed E-state index contributed by atoms with van der Waals surface area (Å²) in [5, 5.41) is 0.435. The summed E-state index contributed by atoms with van der Waals surface area (Å²) in [6.07, 6.45) is -0.276. The van der Waals surface area contributed by atoms with Crippen LogP contribution in [0.5, 0.6) is 0 Å². The molecule has 0 amide bonds. The normalized spacial score (nSPS) is 10.9. The molecule has 0 bridgehead atoms. The summed E-state index contributed by atoms with van der Waals surface area (Å²) in [5.41, 5.74) is -0.458. The van der Waals surface area contributed by atoms with Crippen molar-refractivity contribution in [1.29, 1.82) is 0 Å². The first-order valence-electron chi connectivity index (χ1n) is 5.81. The second-order valence-corrected chi connectivity index (χ2v) is 5.29. The highest BCUT2D eigenvalue weighted by molar-refractivity contribution is 7.16. The highest BCUT2D eigenvalue weighted by Gasteiger charge is 2.13.